The molecule has 3 rings (SSSR count). The summed E-state index contributed by atoms with van der Waals surface area (Å²) in [7, 11) is 0. The van der Waals surface area contributed by atoms with Gasteiger partial charge in [-0.2, -0.15) is 0 Å². The van der Waals surface area contributed by atoms with Crippen LogP contribution in [0.4, 0.5) is 5.69 Å². The van der Waals surface area contributed by atoms with Gasteiger partial charge < -0.3 is 25.0 Å². The molecule has 212 valence electrons. The van der Waals surface area contributed by atoms with Crippen molar-refractivity contribution in [2.45, 2.75) is 110 Å². The van der Waals surface area contributed by atoms with Crippen LogP contribution in [0.5, 0.6) is 5.75 Å². The van der Waals surface area contributed by atoms with Crippen LogP contribution in [0.25, 0.3) is 0 Å². The lowest BCUT2D eigenvalue weighted by Gasteiger charge is -2.29. The van der Waals surface area contributed by atoms with E-state index in [4.69, 9.17) is 15.2 Å². The monoisotopic (exact) mass is 528 g/mol. The molecule has 0 radical (unpaired) electrons. The minimum Gasteiger partial charge on any atom is -0.494 e. The van der Waals surface area contributed by atoms with Crippen molar-refractivity contribution in [2.75, 3.05) is 26.2 Å². The Morgan fingerprint density at radius 2 is 1.74 bits per heavy atom. The minimum atomic E-state index is -0.256. The molecule has 1 aromatic carbocycles. The average molecular weight is 529 g/mol. The van der Waals surface area contributed by atoms with E-state index in [1.165, 1.54) is 6.42 Å². The van der Waals surface area contributed by atoms with Crippen LogP contribution in [0.2, 0.25) is 0 Å². The van der Waals surface area contributed by atoms with E-state index < -0.39 is 0 Å². The van der Waals surface area contributed by atoms with Crippen LogP contribution in [0.1, 0.15) is 103 Å². The number of hydrogen-bond donors (Lipinski definition) is 1. The van der Waals surface area contributed by atoms with E-state index in [2.05, 4.69) is 18.8 Å². The number of unbranched alkanes of at least 4 members (excludes halogenated alkanes) is 4. The van der Waals surface area contributed by atoms with Crippen LogP contribution in [0, 0.1) is 0 Å². The summed E-state index contributed by atoms with van der Waals surface area (Å²) in [5.41, 5.74) is 7.89. The Kier molecular flexibility index (Phi) is 12.7. The second-order valence-corrected chi connectivity index (χ2v) is 10.6. The Morgan fingerprint density at radius 3 is 2.42 bits per heavy atom. The SMILES string of the molecule is CCCCCN(CCCCC)C(=O)CCCOc1ccc2c(c1)CN(CC(=O)OC1CCCCC1)C(N)=N2. The summed E-state index contributed by atoms with van der Waals surface area (Å²) in [5.74, 6) is 1.04. The molecule has 1 fully saturated rings. The van der Waals surface area contributed by atoms with Gasteiger partial charge in [-0.3, -0.25) is 9.59 Å². The number of guanidine groups is 1. The third-order valence-corrected chi connectivity index (χ3v) is 7.36. The average Bonchev–Trinajstić information content (AvgIpc) is 2.91. The zero-order valence-electron chi connectivity index (χ0n) is 23.6. The third-order valence-electron chi connectivity index (χ3n) is 7.36. The van der Waals surface area contributed by atoms with E-state index in [1.807, 2.05) is 23.1 Å². The van der Waals surface area contributed by atoms with Gasteiger partial charge in [-0.1, -0.05) is 46.0 Å². The molecule has 0 unspecified atom stereocenters. The molecule has 0 bridgehead atoms. The molecule has 2 N–H and O–H groups in total. The van der Waals surface area contributed by atoms with E-state index in [1.54, 1.807) is 4.90 Å². The molecule has 38 heavy (non-hydrogen) atoms. The first-order chi connectivity index (χ1) is 18.5. The maximum Gasteiger partial charge on any atom is 0.325 e. The highest BCUT2D eigenvalue weighted by atomic mass is 16.5. The first-order valence-corrected chi connectivity index (χ1v) is 14.8. The molecular weight excluding hydrogens is 480 g/mol. The number of aliphatic imine (C=N–C) groups is 1. The Labute approximate surface area is 228 Å². The van der Waals surface area contributed by atoms with Gasteiger partial charge in [0.25, 0.3) is 0 Å². The second-order valence-electron chi connectivity index (χ2n) is 10.6. The summed E-state index contributed by atoms with van der Waals surface area (Å²) in [6.45, 7) is 7.13. The number of esters is 1. The van der Waals surface area contributed by atoms with Gasteiger partial charge in [0.1, 0.15) is 18.4 Å². The van der Waals surface area contributed by atoms with Crippen molar-refractivity contribution < 1.29 is 19.1 Å². The largest absolute Gasteiger partial charge is 0.494 e. The number of carbonyl (C=O) groups is 2. The van der Waals surface area contributed by atoms with Gasteiger partial charge in [0.15, 0.2) is 5.96 Å². The van der Waals surface area contributed by atoms with Crippen LogP contribution >= 0.6 is 0 Å². The summed E-state index contributed by atoms with van der Waals surface area (Å²) in [6.07, 6.45) is 13.3. The topological polar surface area (TPSA) is 97.5 Å². The Balaban J connectivity index is 1.45. The molecule has 1 aliphatic heterocycles. The highest BCUT2D eigenvalue weighted by molar-refractivity contribution is 5.87. The number of benzene rings is 1. The number of ether oxygens (including phenoxy) is 2. The summed E-state index contributed by atoms with van der Waals surface area (Å²) in [5, 5.41) is 0. The number of rotatable bonds is 16. The molecule has 2 aliphatic rings. The maximum absolute atomic E-state index is 12.8. The van der Waals surface area contributed by atoms with Crippen LogP contribution in [-0.2, 0) is 20.9 Å². The van der Waals surface area contributed by atoms with E-state index in [0.29, 0.717) is 32.0 Å². The molecule has 1 amide bonds. The zero-order valence-corrected chi connectivity index (χ0v) is 23.6. The van der Waals surface area contributed by atoms with Gasteiger partial charge in [-0.05, 0) is 63.1 Å². The van der Waals surface area contributed by atoms with Gasteiger partial charge in [0.05, 0.1) is 12.3 Å². The fraction of sp³-hybridized carbons (Fsp3) is 0.700. The molecule has 0 aromatic heterocycles. The molecule has 1 saturated carbocycles. The molecule has 0 atom stereocenters. The first-order valence-electron chi connectivity index (χ1n) is 14.8. The Morgan fingerprint density at radius 1 is 1.03 bits per heavy atom. The lowest BCUT2D eigenvalue weighted by atomic mass is 9.98. The van der Waals surface area contributed by atoms with Crippen molar-refractivity contribution >= 4 is 23.5 Å². The summed E-state index contributed by atoms with van der Waals surface area (Å²) in [4.78, 5) is 33.6. The van der Waals surface area contributed by atoms with Crippen LogP contribution < -0.4 is 10.5 Å². The standard InChI is InChI=1S/C30H48N4O4/c1-3-5-10-18-33(19-11-6-4-2)28(35)15-12-20-37-26-16-17-27-24(21-26)22-34(30(31)32-27)23-29(36)38-25-13-8-7-9-14-25/h16-17,21,25H,3-15,18-20,22-23H2,1-2H3,(H2,31,32). The Hall–Kier alpha value is -2.77. The lowest BCUT2D eigenvalue weighted by Crippen LogP contribution is -2.42. The molecule has 1 heterocycles. The second kappa shape index (κ2) is 16.2. The van der Waals surface area contributed by atoms with Gasteiger partial charge in [-0.25, -0.2) is 4.99 Å². The van der Waals surface area contributed by atoms with Gasteiger partial charge in [0, 0.05) is 31.6 Å². The van der Waals surface area contributed by atoms with Crippen molar-refractivity contribution in [1.82, 2.24) is 9.80 Å². The van der Waals surface area contributed by atoms with Crippen LogP contribution in [-0.4, -0.2) is 60.0 Å². The summed E-state index contributed by atoms with van der Waals surface area (Å²) >= 11 is 0. The fourth-order valence-corrected chi connectivity index (χ4v) is 5.11. The number of amides is 1. The molecule has 8 heteroatoms. The van der Waals surface area contributed by atoms with E-state index in [0.717, 1.165) is 94.3 Å². The van der Waals surface area contributed by atoms with Crippen molar-refractivity contribution in [3.8, 4) is 5.75 Å². The predicted molar refractivity (Wildman–Crippen MR) is 151 cm³/mol. The number of carbonyl (C=O) groups excluding carboxylic acids is 2. The Bertz CT molecular complexity index is 904. The highest BCUT2D eigenvalue weighted by Crippen LogP contribution is 2.29. The van der Waals surface area contributed by atoms with E-state index >= 15 is 0 Å². The van der Waals surface area contributed by atoms with E-state index in [-0.39, 0.29) is 24.5 Å². The van der Waals surface area contributed by atoms with Gasteiger partial charge in [-0.15, -0.1) is 0 Å². The normalized spacial score (nSPS) is 15.5. The van der Waals surface area contributed by atoms with Crippen molar-refractivity contribution in [3.63, 3.8) is 0 Å². The molecule has 8 nitrogen and oxygen atoms in total. The molecule has 1 aliphatic carbocycles. The fourth-order valence-electron chi connectivity index (χ4n) is 5.11. The number of nitrogens with zero attached hydrogens (tertiary/aromatic N) is 3. The number of nitrogens with two attached hydrogens (primary N) is 1. The van der Waals surface area contributed by atoms with Crippen molar-refractivity contribution in [1.29, 1.82) is 0 Å². The molecular formula is C30H48N4O4. The van der Waals surface area contributed by atoms with Gasteiger partial charge in [0.2, 0.25) is 5.91 Å². The maximum atomic E-state index is 12.8. The predicted octanol–water partition coefficient (Wildman–Crippen LogP) is 5.69. The number of fused-ring (bicyclic) bond motifs is 1. The quantitative estimate of drug-likeness (QED) is 0.219. The highest BCUT2D eigenvalue weighted by Gasteiger charge is 2.24. The van der Waals surface area contributed by atoms with Crippen molar-refractivity contribution in [3.05, 3.63) is 23.8 Å². The summed E-state index contributed by atoms with van der Waals surface area (Å²) in [6, 6.07) is 5.73. The molecule has 0 saturated heterocycles. The number of hydrogen-bond acceptors (Lipinski definition) is 7. The van der Waals surface area contributed by atoms with E-state index in [9.17, 15) is 9.59 Å². The van der Waals surface area contributed by atoms with Crippen molar-refractivity contribution in [2.24, 2.45) is 10.7 Å². The van der Waals surface area contributed by atoms with Gasteiger partial charge >= 0.3 is 5.97 Å². The zero-order chi connectivity index (χ0) is 27.2. The first kappa shape index (κ1) is 29.8. The molecule has 0 spiro atoms. The summed E-state index contributed by atoms with van der Waals surface area (Å²) < 4.78 is 11.6. The minimum absolute atomic E-state index is 0.0261. The third kappa shape index (κ3) is 9.84. The molecule has 1 aromatic rings. The van der Waals surface area contributed by atoms with Crippen LogP contribution in [0.15, 0.2) is 23.2 Å². The lowest BCUT2D eigenvalue weighted by molar-refractivity contribution is -0.151. The smallest absolute Gasteiger partial charge is 0.325 e. The van der Waals surface area contributed by atoms with Crippen LogP contribution in [0.3, 0.4) is 0 Å².